The number of piperidine rings is 1. The highest BCUT2D eigenvalue weighted by atomic mass is 35.5. The van der Waals surface area contributed by atoms with Crippen molar-refractivity contribution in [3.05, 3.63) is 0 Å². The first-order chi connectivity index (χ1) is 7.53. The van der Waals surface area contributed by atoms with E-state index in [1.54, 1.807) is 4.31 Å². The van der Waals surface area contributed by atoms with E-state index >= 15 is 0 Å². The Morgan fingerprint density at radius 3 is 2.47 bits per heavy atom. The highest BCUT2D eigenvalue weighted by Gasteiger charge is 2.37. The Morgan fingerprint density at radius 1 is 1.29 bits per heavy atom. The summed E-state index contributed by atoms with van der Waals surface area (Å²) in [4.78, 5) is 0. The van der Waals surface area contributed by atoms with E-state index in [9.17, 15) is 8.42 Å². The van der Waals surface area contributed by atoms with Crippen LogP contribution in [-0.2, 0) is 10.0 Å². The highest BCUT2D eigenvalue weighted by molar-refractivity contribution is 7.89. The van der Waals surface area contributed by atoms with Crippen molar-refractivity contribution in [3.63, 3.8) is 0 Å². The molecule has 6 heteroatoms. The minimum atomic E-state index is -3.05. The maximum Gasteiger partial charge on any atom is 0.214 e. The summed E-state index contributed by atoms with van der Waals surface area (Å²) in [6.07, 6.45) is 4.05. The van der Waals surface area contributed by atoms with Gasteiger partial charge in [0, 0.05) is 19.1 Å². The Balaban J connectivity index is 0.00000144. The van der Waals surface area contributed by atoms with E-state index in [1.165, 1.54) is 0 Å². The fourth-order valence-corrected chi connectivity index (χ4v) is 4.62. The fraction of sp³-hybridized carbons (Fsp3) is 1.00. The first-order valence-corrected chi connectivity index (χ1v) is 7.83. The van der Waals surface area contributed by atoms with Crippen molar-refractivity contribution in [1.82, 2.24) is 4.31 Å². The van der Waals surface area contributed by atoms with Crippen molar-refractivity contribution >= 4 is 22.4 Å². The topological polar surface area (TPSA) is 63.4 Å². The van der Waals surface area contributed by atoms with Crippen molar-refractivity contribution in [2.45, 2.75) is 38.6 Å². The molecule has 0 aromatic heterocycles. The van der Waals surface area contributed by atoms with E-state index < -0.39 is 10.0 Å². The van der Waals surface area contributed by atoms with Gasteiger partial charge in [0.2, 0.25) is 10.0 Å². The number of hydrogen-bond acceptors (Lipinski definition) is 3. The molecule has 0 bridgehead atoms. The van der Waals surface area contributed by atoms with Gasteiger partial charge in [-0.05, 0) is 37.5 Å². The third-order valence-corrected chi connectivity index (χ3v) is 5.78. The van der Waals surface area contributed by atoms with Gasteiger partial charge in [-0.1, -0.05) is 6.92 Å². The van der Waals surface area contributed by atoms with Crippen LogP contribution in [0.5, 0.6) is 0 Å². The van der Waals surface area contributed by atoms with E-state index in [-0.39, 0.29) is 18.4 Å². The van der Waals surface area contributed by atoms with Gasteiger partial charge in [0.15, 0.2) is 0 Å². The van der Waals surface area contributed by atoms with E-state index in [2.05, 4.69) is 6.92 Å². The number of nitrogens with two attached hydrogens (primary N) is 1. The van der Waals surface area contributed by atoms with E-state index in [1.807, 2.05) is 0 Å². The number of halogens is 1. The largest absolute Gasteiger partial charge is 0.329 e. The van der Waals surface area contributed by atoms with Crippen LogP contribution in [0, 0.1) is 11.8 Å². The maximum absolute atomic E-state index is 12.2. The molecule has 0 spiro atoms. The van der Waals surface area contributed by atoms with Crippen molar-refractivity contribution in [3.8, 4) is 0 Å². The zero-order valence-corrected chi connectivity index (χ0v) is 12.0. The summed E-state index contributed by atoms with van der Waals surface area (Å²) in [5.74, 6) is 1.36. The average Bonchev–Trinajstić information content (AvgIpc) is 3.00. The number of sulfonamides is 1. The zero-order chi connectivity index (χ0) is 11.8. The zero-order valence-electron chi connectivity index (χ0n) is 10.3. The Hall–Kier alpha value is 0.160. The summed E-state index contributed by atoms with van der Waals surface area (Å²) in [5.41, 5.74) is 5.69. The average molecular weight is 283 g/mol. The molecule has 4 nitrogen and oxygen atoms in total. The van der Waals surface area contributed by atoms with Crippen molar-refractivity contribution in [2.75, 3.05) is 18.8 Å². The minimum Gasteiger partial charge on any atom is -0.329 e. The monoisotopic (exact) mass is 282 g/mol. The quantitative estimate of drug-likeness (QED) is 0.843. The van der Waals surface area contributed by atoms with Crippen LogP contribution in [-0.4, -0.2) is 37.6 Å². The molecular formula is C11H23ClN2O2S. The molecule has 2 N–H and O–H groups in total. The first-order valence-electron chi connectivity index (χ1n) is 6.22. The molecule has 2 atom stereocenters. The van der Waals surface area contributed by atoms with Crippen molar-refractivity contribution in [1.29, 1.82) is 0 Å². The molecule has 2 aliphatic rings. The summed E-state index contributed by atoms with van der Waals surface area (Å²) in [6.45, 7) is 3.29. The van der Waals surface area contributed by atoms with Gasteiger partial charge in [-0.2, -0.15) is 4.31 Å². The molecule has 1 heterocycles. The van der Waals surface area contributed by atoms with Gasteiger partial charge in [-0.15, -0.1) is 12.4 Å². The van der Waals surface area contributed by atoms with Gasteiger partial charge in [-0.3, -0.25) is 0 Å². The lowest BCUT2D eigenvalue weighted by atomic mass is 9.94. The van der Waals surface area contributed by atoms with Crippen LogP contribution in [0.2, 0.25) is 0 Å². The predicted molar refractivity (Wildman–Crippen MR) is 71.7 cm³/mol. The third kappa shape index (κ3) is 3.81. The number of rotatable bonds is 4. The molecule has 2 rings (SSSR count). The smallest absolute Gasteiger partial charge is 0.214 e. The summed E-state index contributed by atoms with van der Waals surface area (Å²) in [6, 6.07) is 0.0347. The molecule has 1 aliphatic carbocycles. The molecule has 2 unspecified atom stereocenters. The number of nitrogens with zero attached hydrogens (tertiary/aromatic N) is 1. The normalized spacial score (nSPS) is 30.9. The summed E-state index contributed by atoms with van der Waals surface area (Å²) in [7, 11) is -3.05. The summed E-state index contributed by atoms with van der Waals surface area (Å²) in [5, 5.41) is 0. The number of hydrogen-bond donors (Lipinski definition) is 1. The van der Waals surface area contributed by atoms with Crippen LogP contribution >= 0.6 is 12.4 Å². The van der Waals surface area contributed by atoms with Crippen LogP contribution < -0.4 is 5.73 Å². The molecule has 1 saturated heterocycles. The maximum atomic E-state index is 12.2. The fourth-order valence-electron chi connectivity index (χ4n) is 2.49. The Morgan fingerprint density at radius 2 is 1.94 bits per heavy atom. The van der Waals surface area contributed by atoms with E-state index in [0.29, 0.717) is 30.7 Å². The molecule has 1 aliphatic heterocycles. The van der Waals surface area contributed by atoms with Crippen LogP contribution in [0.25, 0.3) is 0 Å². The SMILES string of the molecule is CC1CCN(S(=O)(=O)CC2CC2)C(CN)C1.Cl. The Kier molecular flexibility index (Phi) is 5.25. The Labute approximate surface area is 110 Å². The molecule has 1 saturated carbocycles. The summed E-state index contributed by atoms with van der Waals surface area (Å²) >= 11 is 0. The molecule has 0 radical (unpaired) electrons. The lowest BCUT2D eigenvalue weighted by Crippen LogP contribution is -2.50. The minimum absolute atomic E-state index is 0. The highest BCUT2D eigenvalue weighted by Crippen LogP contribution is 2.33. The molecule has 102 valence electrons. The van der Waals surface area contributed by atoms with Crippen LogP contribution in [0.1, 0.15) is 32.6 Å². The molecule has 2 fully saturated rings. The van der Waals surface area contributed by atoms with E-state index in [4.69, 9.17) is 5.73 Å². The lowest BCUT2D eigenvalue weighted by molar-refractivity contribution is 0.211. The lowest BCUT2D eigenvalue weighted by Gasteiger charge is -2.36. The van der Waals surface area contributed by atoms with Crippen LogP contribution in [0.3, 0.4) is 0 Å². The van der Waals surface area contributed by atoms with Crippen molar-refractivity contribution < 1.29 is 8.42 Å². The van der Waals surface area contributed by atoms with Gasteiger partial charge in [0.25, 0.3) is 0 Å². The predicted octanol–water partition coefficient (Wildman–Crippen LogP) is 1.21. The van der Waals surface area contributed by atoms with E-state index in [0.717, 1.165) is 25.7 Å². The van der Waals surface area contributed by atoms with Gasteiger partial charge >= 0.3 is 0 Å². The second kappa shape index (κ2) is 5.87. The standard InChI is InChI=1S/C11H22N2O2S.ClH/c1-9-4-5-13(11(6-9)7-12)16(14,15)8-10-2-3-10;/h9-11H,2-8,12H2,1H3;1H. The molecular weight excluding hydrogens is 260 g/mol. The van der Waals surface area contributed by atoms with Crippen LogP contribution in [0.15, 0.2) is 0 Å². The van der Waals surface area contributed by atoms with Gasteiger partial charge in [0.1, 0.15) is 0 Å². The molecule has 0 aromatic rings. The van der Waals surface area contributed by atoms with Gasteiger partial charge < -0.3 is 5.73 Å². The van der Waals surface area contributed by atoms with Gasteiger partial charge in [-0.25, -0.2) is 8.42 Å². The summed E-state index contributed by atoms with van der Waals surface area (Å²) < 4.78 is 26.0. The molecule has 0 aromatic carbocycles. The van der Waals surface area contributed by atoms with Gasteiger partial charge in [0.05, 0.1) is 5.75 Å². The molecule has 0 amide bonds. The van der Waals surface area contributed by atoms with Crippen LogP contribution in [0.4, 0.5) is 0 Å². The first kappa shape index (κ1) is 15.2. The molecule has 17 heavy (non-hydrogen) atoms. The second-order valence-electron chi connectivity index (χ2n) is 5.35. The van der Waals surface area contributed by atoms with Crippen molar-refractivity contribution in [2.24, 2.45) is 17.6 Å². The second-order valence-corrected chi connectivity index (χ2v) is 7.32. The Bertz CT molecular complexity index is 343. The third-order valence-electron chi connectivity index (χ3n) is 3.70.